The molecule has 1 aromatic carbocycles. The van der Waals surface area contributed by atoms with E-state index in [9.17, 15) is 19.3 Å². The maximum atomic E-state index is 13.0. The maximum absolute atomic E-state index is 13.0. The van der Waals surface area contributed by atoms with Crippen molar-refractivity contribution < 1.29 is 14.1 Å². The van der Waals surface area contributed by atoms with Gasteiger partial charge in [0, 0.05) is 0 Å². The minimum absolute atomic E-state index is 0.0698. The van der Waals surface area contributed by atoms with Crippen LogP contribution in [-0.2, 0) is 0 Å². The van der Waals surface area contributed by atoms with E-state index in [1.165, 1.54) is 25.1 Å². The van der Waals surface area contributed by atoms with Gasteiger partial charge in [-0.25, -0.2) is 4.39 Å². The van der Waals surface area contributed by atoms with Gasteiger partial charge in [0.15, 0.2) is 6.29 Å². The van der Waals surface area contributed by atoms with Gasteiger partial charge >= 0.3 is 0 Å². The fourth-order valence-corrected chi connectivity index (χ4v) is 1.21. The number of aldehydes is 1. The highest BCUT2D eigenvalue weighted by Crippen LogP contribution is 2.29. The SMILES string of the molecule is CC(F)c1cccc(C=O)c1[N+](=O)[O-]. The fourth-order valence-electron chi connectivity index (χ4n) is 1.21. The largest absolute Gasteiger partial charge is 0.298 e. The van der Waals surface area contributed by atoms with Gasteiger partial charge in [0.1, 0.15) is 6.17 Å². The highest BCUT2D eigenvalue weighted by molar-refractivity contribution is 5.82. The Bertz CT molecular complexity index is 376. The molecule has 5 heteroatoms. The maximum Gasteiger partial charge on any atom is 0.285 e. The minimum atomic E-state index is -1.46. The Morgan fingerprint density at radius 3 is 2.64 bits per heavy atom. The Labute approximate surface area is 79.5 Å². The molecule has 0 fully saturated rings. The first-order valence-corrected chi connectivity index (χ1v) is 3.94. The van der Waals surface area contributed by atoms with Crippen molar-refractivity contribution in [1.82, 2.24) is 0 Å². The van der Waals surface area contributed by atoms with Crippen molar-refractivity contribution in [2.24, 2.45) is 0 Å². The van der Waals surface area contributed by atoms with Crippen LogP contribution in [0.5, 0.6) is 0 Å². The summed E-state index contributed by atoms with van der Waals surface area (Å²) < 4.78 is 13.0. The van der Waals surface area contributed by atoms with E-state index in [1.54, 1.807) is 0 Å². The average molecular weight is 197 g/mol. The Kier molecular flexibility index (Phi) is 2.91. The van der Waals surface area contributed by atoms with Gasteiger partial charge in [-0.3, -0.25) is 14.9 Å². The first kappa shape index (κ1) is 10.3. The summed E-state index contributed by atoms with van der Waals surface area (Å²) in [4.78, 5) is 20.3. The van der Waals surface area contributed by atoms with Gasteiger partial charge in [-0.1, -0.05) is 6.07 Å². The zero-order valence-corrected chi connectivity index (χ0v) is 7.44. The number of nitro benzene ring substituents is 1. The van der Waals surface area contributed by atoms with Gasteiger partial charge in [-0.15, -0.1) is 0 Å². The van der Waals surface area contributed by atoms with E-state index in [4.69, 9.17) is 0 Å². The molecule has 0 heterocycles. The molecule has 0 bridgehead atoms. The number of hydrogen-bond acceptors (Lipinski definition) is 3. The summed E-state index contributed by atoms with van der Waals surface area (Å²) in [6.07, 6.45) is -1.11. The highest BCUT2D eigenvalue weighted by Gasteiger charge is 2.22. The summed E-state index contributed by atoms with van der Waals surface area (Å²) in [6, 6.07) is 4.01. The number of nitrogens with zero attached hydrogens (tertiary/aromatic N) is 1. The molecular weight excluding hydrogens is 189 g/mol. The molecule has 0 amide bonds. The zero-order valence-electron chi connectivity index (χ0n) is 7.44. The molecule has 14 heavy (non-hydrogen) atoms. The smallest absolute Gasteiger partial charge is 0.285 e. The summed E-state index contributed by atoms with van der Waals surface area (Å²) in [5.41, 5.74) is -0.617. The molecule has 1 rings (SSSR count). The molecule has 0 aliphatic rings. The second-order valence-corrected chi connectivity index (χ2v) is 2.78. The van der Waals surface area contributed by atoms with Crippen LogP contribution in [0.25, 0.3) is 0 Å². The molecule has 1 atom stereocenters. The van der Waals surface area contributed by atoms with Crippen LogP contribution in [0.1, 0.15) is 29.0 Å². The van der Waals surface area contributed by atoms with E-state index in [1.807, 2.05) is 0 Å². The van der Waals surface area contributed by atoms with E-state index in [-0.39, 0.29) is 11.1 Å². The quantitative estimate of drug-likeness (QED) is 0.424. The monoisotopic (exact) mass is 197 g/mol. The molecule has 1 aromatic rings. The zero-order chi connectivity index (χ0) is 10.7. The number of rotatable bonds is 3. The Morgan fingerprint density at radius 2 is 2.21 bits per heavy atom. The van der Waals surface area contributed by atoms with Gasteiger partial charge in [0.25, 0.3) is 5.69 Å². The van der Waals surface area contributed by atoms with Crippen LogP contribution in [0.2, 0.25) is 0 Å². The lowest BCUT2D eigenvalue weighted by atomic mass is 10.1. The first-order valence-electron chi connectivity index (χ1n) is 3.94. The average Bonchev–Trinajstić information content (AvgIpc) is 2.16. The van der Waals surface area contributed by atoms with Gasteiger partial charge in [-0.05, 0) is 19.1 Å². The van der Waals surface area contributed by atoms with Crippen LogP contribution in [0, 0.1) is 10.1 Å². The molecule has 4 nitrogen and oxygen atoms in total. The lowest BCUT2D eigenvalue weighted by Crippen LogP contribution is -2.00. The van der Waals surface area contributed by atoms with Gasteiger partial charge < -0.3 is 0 Å². The number of benzene rings is 1. The third-order valence-corrected chi connectivity index (χ3v) is 1.84. The summed E-state index contributed by atoms with van der Waals surface area (Å²) >= 11 is 0. The molecule has 1 unspecified atom stereocenters. The van der Waals surface area contributed by atoms with Crippen molar-refractivity contribution in [2.45, 2.75) is 13.1 Å². The number of nitro groups is 1. The number of carbonyl (C=O) groups excluding carboxylic acids is 1. The van der Waals surface area contributed by atoms with Gasteiger partial charge in [0.05, 0.1) is 16.1 Å². The van der Waals surface area contributed by atoms with E-state index >= 15 is 0 Å². The van der Waals surface area contributed by atoms with Gasteiger partial charge in [0.2, 0.25) is 0 Å². The van der Waals surface area contributed by atoms with Crippen molar-refractivity contribution >= 4 is 12.0 Å². The second kappa shape index (κ2) is 3.95. The summed E-state index contributed by atoms with van der Waals surface area (Å²) in [6.45, 7) is 1.19. The fraction of sp³-hybridized carbons (Fsp3) is 0.222. The van der Waals surface area contributed by atoms with Gasteiger partial charge in [-0.2, -0.15) is 0 Å². The van der Waals surface area contributed by atoms with Crippen LogP contribution in [0.3, 0.4) is 0 Å². The van der Waals surface area contributed by atoms with E-state index < -0.39 is 16.8 Å². The number of alkyl halides is 1. The molecule has 0 spiro atoms. The number of para-hydroxylation sites is 1. The van der Waals surface area contributed by atoms with Crippen LogP contribution in [0.15, 0.2) is 18.2 Å². The van der Waals surface area contributed by atoms with Crippen LogP contribution >= 0.6 is 0 Å². The Hall–Kier alpha value is -1.78. The predicted molar refractivity (Wildman–Crippen MR) is 48.0 cm³/mol. The minimum Gasteiger partial charge on any atom is -0.298 e. The molecule has 0 aromatic heterocycles. The molecule has 0 aliphatic carbocycles. The van der Waals surface area contributed by atoms with E-state index in [0.717, 1.165) is 0 Å². The van der Waals surface area contributed by atoms with E-state index in [2.05, 4.69) is 0 Å². The summed E-state index contributed by atoms with van der Waals surface area (Å²) in [5.74, 6) is 0. The molecule has 0 aliphatic heterocycles. The van der Waals surface area contributed by atoms with Crippen molar-refractivity contribution in [3.8, 4) is 0 Å². The molecular formula is C9H8FNO3. The molecule has 0 saturated carbocycles. The lowest BCUT2D eigenvalue weighted by molar-refractivity contribution is -0.386. The van der Waals surface area contributed by atoms with Crippen molar-refractivity contribution in [1.29, 1.82) is 0 Å². The van der Waals surface area contributed by atoms with E-state index in [0.29, 0.717) is 6.29 Å². The van der Waals surface area contributed by atoms with Crippen LogP contribution in [0.4, 0.5) is 10.1 Å². The second-order valence-electron chi connectivity index (χ2n) is 2.78. The van der Waals surface area contributed by atoms with Crippen molar-refractivity contribution in [3.63, 3.8) is 0 Å². The molecule has 0 N–H and O–H groups in total. The lowest BCUT2D eigenvalue weighted by Gasteiger charge is -2.04. The number of carbonyl (C=O) groups is 1. The number of hydrogen-bond donors (Lipinski definition) is 0. The predicted octanol–water partition coefficient (Wildman–Crippen LogP) is 2.44. The first-order chi connectivity index (χ1) is 6.57. The van der Waals surface area contributed by atoms with Crippen molar-refractivity contribution in [2.75, 3.05) is 0 Å². The topological polar surface area (TPSA) is 60.2 Å². The molecule has 0 radical (unpaired) electrons. The van der Waals surface area contributed by atoms with Crippen molar-refractivity contribution in [3.05, 3.63) is 39.4 Å². The highest BCUT2D eigenvalue weighted by atomic mass is 19.1. The standard InChI is InChI=1S/C9H8FNO3/c1-6(10)8-4-2-3-7(5-12)9(8)11(13)14/h2-6H,1H3. The molecule has 0 saturated heterocycles. The third-order valence-electron chi connectivity index (χ3n) is 1.84. The summed E-state index contributed by atoms with van der Waals surface area (Å²) in [5, 5.41) is 10.6. The Morgan fingerprint density at radius 1 is 1.57 bits per heavy atom. The number of halogens is 1. The normalized spacial score (nSPS) is 12.1. The Balaban J connectivity index is 3.43. The third kappa shape index (κ3) is 1.76. The molecule has 74 valence electrons. The summed E-state index contributed by atoms with van der Waals surface area (Å²) in [7, 11) is 0. The van der Waals surface area contributed by atoms with Crippen LogP contribution in [-0.4, -0.2) is 11.2 Å². The van der Waals surface area contributed by atoms with Crippen LogP contribution < -0.4 is 0 Å².